The summed E-state index contributed by atoms with van der Waals surface area (Å²) in [5, 5.41) is 0.996. The topological polar surface area (TPSA) is 106 Å². The first-order valence-corrected chi connectivity index (χ1v) is 11.8. The van der Waals surface area contributed by atoms with E-state index in [-0.39, 0.29) is 34.1 Å². The Hall–Kier alpha value is -2.79. The van der Waals surface area contributed by atoms with E-state index in [2.05, 4.69) is 26.9 Å². The first kappa shape index (κ1) is 20.8. The minimum atomic E-state index is -0.558. The molecule has 0 bridgehead atoms. The van der Waals surface area contributed by atoms with Gasteiger partial charge in [-0.2, -0.15) is 4.98 Å². The molecule has 2 unspecified atom stereocenters. The highest BCUT2D eigenvalue weighted by Crippen LogP contribution is 2.41. The molecule has 4 N–H and O–H groups in total. The normalized spacial score (nSPS) is 21.2. The van der Waals surface area contributed by atoms with Gasteiger partial charge in [0.15, 0.2) is 10.9 Å². The highest BCUT2D eigenvalue weighted by atomic mass is 35.5. The molecule has 2 aliphatic rings. The van der Waals surface area contributed by atoms with E-state index in [1.807, 2.05) is 17.0 Å². The maximum Gasteiger partial charge on any atom is 0.228 e. The lowest BCUT2D eigenvalue weighted by Gasteiger charge is -2.33. The highest BCUT2D eigenvalue weighted by molar-refractivity contribution is 7.22. The number of aromatic nitrogens is 3. The molecule has 0 radical (unpaired) electrons. The molecule has 4 heterocycles. The zero-order valence-corrected chi connectivity index (χ0v) is 19.3. The average molecular weight is 486 g/mol. The predicted molar refractivity (Wildman–Crippen MR) is 130 cm³/mol. The fourth-order valence-electron chi connectivity index (χ4n) is 4.78. The number of anilines is 3. The number of fused-ring (bicyclic) bond motifs is 3. The van der Waals surface area contributed by atoms with Crippen molar-refractivity contribution in [2.75, 3.05) is 49.7 Å². The molecule has 33 heavy (non-hydrogen) atoms. The van der Waals surface area contributed by atoms with Gasteiger partial charge in [0.25, 0.3) is 0 Å². The number of thiazole rings is 1. The molecule has 2 atom stereocenters. The number of rotatable bonds is 2. The molecule has 170 valence electrons. The number of benzene rings is 2. The van der Waals surface area contributed by atoms with Crippen LogP contribution in [0.15, 0.2) is 24.3 Å². The van der Waals surface area contributed by atoms with E-state index in [9.17, 15) is 0 Å². The molecule has 2 fully saturated rings. The predicted octanol–water partition coefficient (Wildman–Crippen LogP) is 3.38. The maximum absolute atomic E-state index is 16.0. The van der Waals surface area contributed by atoms with Gasteiger partial charge < -0.3 is 21.1 Å². The summed E-state index contributed by atoms with van der Waals surface area (Å²) in [6, 6.07) is 7.35. The van der Waals surface area contributed by atoms with E-state index in [1.54, 1.807) is 12.1 Å². The van der Waals surface area contributed by atoms with Gasteiger partial charge in [-0.1, -0.05) is 35.1 Å². The van der Waals surface area contributed by atoms with Crippen molar-refractivity contribution in [2.24, 2.45) is 0 Å². The molecule has 11 heteroatoms. The third-order valence-corrected chi connectivity index (χ3v) is 7.62. The van der Waals surface area contributed by atoms with Gasteiger partial charge in [-0.05, 0) is 19.2 Å². The molecule has 0 saturated carbocycles. The molecule has 2 aromatic carbocycles. The van der Waals surface area contributed by atoms with Gasteiger partial charge in [0, 0.05) is 36.1 Å². The quantitative estimate of drug-likeness (QED) is 0.445. The summed E-state index contributed by atoms with van der Waals surface area (Å²) >= 11 is 7.89. The Bertz CT molecular complexity index is 1410. The fourth-order valence-corrected chi connectivity index (χ4v) is 5.84. The summed E-state index contributed by atoms with van der Waals surface area (Å²) in [7, 11) is 2.08. The summed E-state index contributed by atoms with van der Waals surface area (Å²) in [5.41, 5.74) is 13.7. The van der Waals surface area contributed by atoms with E-state index >= 15 is 4.39 Å². The standard InChI is InChI=1S/C22H21ClFN7OS/c1-30-5-6-32-14-9-31(8-13(14)30)22-28-19-11(20(25)29-22)7-12(23)16(17(19)24)10-3-2-4-15-18(10)27-21(26)33-15/h2-4,7,13-14H,5-6,8-9H2,1H3,(H2,26,27)(H2,25,28,29). The Morgan fingerprint density at radius 1 is 1.18 bits per heavy atom. The first-order chi connectivity index (χ1) is 15.9. The van der Waals surface area contributed by atoms with Crippen LogP contribution in [0.2, 0.25) is 5.02 Å². The summed E-state index contributed by atoms with van der Waals surface area (Å²) < 4.78 is 22.8. The second kappa shape index (κ2) is 7.63. The molecule has 0 aliphatic carbocycles. The monoisotopic (exact) mass is 485 g/mol. The Morgan fingerprint density at radius 2 is 2.03 bits per heavy atom. The van der Waals surface area contributed by atoms with Crippen LogP contribution in [0.5, 0.6) is 0 Å². The molecule has 0 spiro atoms. The number of likely N-dealkylation sites (N-methyl/N-ethyl adjacent to an activating group) is 1. The number of ether oxygens (including phenoxy) is 1. The van der Waals surface area contributed by atoms with Gasteiger partial charge in [0.05, 0.1) is 34.0 Å². The zero-order chi connectivity index (χ0) is 22.9. The van der Waals surface area contributed by atoms with Crippen LogP contribution in [0.25, 0.3) is 32.2 Å². The van der Waals surface area contributed by atoms with E-state index < -0.39 is 5.82 Å². The van der Waals surface area contributed by atoms with Crippen LogP contribution in [0.4, 0.5) is 21.3 Å². The molecular weight excluding hydrogens is 465 g/mol. The van der Waals surface area contributed by atoms with Crippen molar-refractivity contribution in [3.05, 3.63) is 35.1 Å². The number of morpholine rings is 1. The zero-order valence-electron chi connectivity index (χ0n) is 17.8. The number of hydrogen-bond acceptors (Lipinski definition) is 9. The van der Waals surface area contributed by atoms with E-state index in [0.29, 0.717) is 47.2 Å². The number of nitrogen functional groups attached to an aromatic ring is 2. The van der Waals surface area contributed by atoms with Crippen LogP contribution < -0.4 is 16.4 Å². The van der Waals surface area contributed by atoms with Crippen molar-refractivity contribution in [3.63, 3.8) is 0 Å². The second-order valence-corrected chi connectivity index (χ2v) is 9.89. The number of nitrogens with two attached hydrogens (primary N) is 2. The average Bonchev–Trinajstić information content (AvgIpc) is 3.38. The summed E-state index contributed by atoms with van der Waals surface area (Å²) in [6.07, 6.45) is 0.0580. The van der Waals surface area contributed by atoms with E-state index in [1.165, 1.54) is 11.3 Å². The molecule has 6 rings (SSSR count). The number of hydrogen-bond donors (Lipinski definition) is 2. The molecule has 2 aliphatic heterocycles. The molecular formula is C22H21ClFN7OS. The van der Waals surface area contributed by atoms with Crippen LogP contribution in [0, 0.1) is 5.82 Å². The second-order valence-electron chi connectivity index (χ2n) is 8.42. The van der Waals surface area contributed by atoms with Crippen molar-refractivity contribution in [2.45, 2.75) is 12.1 Å². The summed E-state index contributed by atoms with van der Waals surface area (Å²) in [5.74, 6) is 0.00851. The van der Waals surface area contributed by atoms with Crippen molar-refractivity contribution in [1.82, 2.24) is 19.9 Å². The van der Waals surface area contributed by atoms with Crippen molar-refractivity contribution in [1.29, 1.82) is 0 Å². The number of para-hydroxylation sites is 1. The van der Waals surface area contributed by atoms with Gasteiger partial charge >= 0.3 is 0 Å². The lowest BCUT2D eigenvalue weighted by Crippen LogP contribution is -2.48. The SMILES string of the molecule is CN1CCOC2CN(c3nc(N)c4cc(Cl)c(-c5cccc6sc(N)nc56)c(F)c4n3)CC21. The van der Waals surface area contributed by atoms with E-state index in [4.69, 9.17) is 27.8 Å². The number of halogens is 2. The Labute approximate surface area is 197 Å². The Balaban J connectivity index is 1.50. The first-order valence-electron chi connectivity index (χ1n) is 10.6. The minimum Gasteiger partial charge on any atom is -0.383 e. The van der Waals surface area contributed by atoms with Gasteiger partial charge in [-0.25, -0.2) is 14.4 Å². The third kappa shape index (κ3) is 3.28. The third-order valence-electron chi connectivity index (χ3n) is 6.47. The van der Waals surface area contributed by atoms with Crippen molar-refractivity contribution in [3.8, 4) is 11.1 Å². The molecule has 0 amide bonds. The van der Waals surface area contributed by atoms with Crippen LogP contribution in [-0.2, 0) is 4.74 Å². The number of nitrogens with zero attached hydrogens (tertiary/aromatic N) is 5. The van der Waals surface area contributed by atoms with Crippen LogP contribution in [-0.4, -0.2) is 65.3 Å². The molecule has 2 saturated heterocycles. The largest absolute Gasteiger partial charge is 0.383 e. The van der Waals surface area contributed by atoms with Crippen LogP contribution >= 0.6 is 22.9 Å². The van der Waals surface area contributed by atoms with E-state index in [0.717, 1.165) is 11.2 Å². The maximum atomic E-state index is 16.0. The lowest BCUT2D eigenvalue weighted by atomic mass is 10.0. The summed E-state index contributed by atoms with van der Waals surface area (Å²) in [6.45, 7) is 2.87. The lowest BCUT2D eigenvalue weighted by molar-refractivity contribution is -0.0362. The highest BCUT2D eigenvalue weighted by Gasteiger charge is 2.39. The Kier molecular flexibility index (Phi) is 4.80. The van der Waals surface area contributed by atoms with Crippen LogP contribution in [0.1, 0.15) is 0 Å². The van der Waals surface area contributed by atoms with Gasteiger partial charge in [0.2, 0.25) is 5.95 Å². The molecule has 2 aromatic heterocycles. The van der Waals surface area contributed by atoms with Gasteiger partial charge in [-0.15, -0.1) is 0 Å². The minimum absolute atomic E-state index is 0.0580. The molecule has 8 nitrogen and oxygen atoms in total. The van der Waals surface area contributed by atoms with Crippen molar-refractivity contribution < 1.29 is 9.13 Å². The smallest absolute Gasteiger partial charge is 0.228 e. The molecule has 4 aromatic rings. The van der Waals surface area contributed by atoms with Gasteiger partial charge in [0.1, 0.15) is 11.3 Å². The van der Waals surface area contributed by atoms with Crippen LogP contribution in [0.3, 0.4) is 0 Å². The fraction of sp³-hybridized carbons (Fsp3) is 0.318. The van der Waals surface area contributed by atoms with Gasteiger partial charge in [-0.3, -0.25) is 4.90 Å². The Morgan fingerprint density at radius 3 is 2.85 bits per heavy atom. The summed E-state index contributed by atoms with van der Waals surface area (Å²) in [4.78, 5) is 17.7. The van der Waals surface area contributed by atoms with Crippen molar-refractivity contribution >= 4 is 61.0 Å².